The molecule has 12 heavy (non-hydrogen) atoms. The Morgan fingerprint density at radius 2 is 2.33 bits per heavy atom. The van der Waals surface area contributed by atoms with Crippen LogP contribution in [0.3, 0.4) is 0 Å². The molecule has 1 rings (SSSR count). The summed E-state index contributed by atoms with van der Waals surface area (Å²) in [6.07, 6.45) is 0.830. The van der Waals surface area contributed by atoms with Crippen LogP contribution < -0.4 is 5.73 Å². The van der Waals surface area contributed by atoms with Crippen LogP contribution in [-0.4, -0.2) is 29.3 Å². The van der Waals surface area contributed by atoms with E-state index in [0.717, 1.165) is 6.42 Å². The molecule has 1 aliphatic rings. The van der Waals surface area contributed by atoms with Gasteiger partial charge in [-0.05, 0) is 13.3 Å². The van der Waals surface area contributed by atoms with Gasteiger partial charge in [0.25, 0.3) is 0 Å². The van der Waals surface area contributed by atoms with Crippen molar-refractivity contribution in [1.82, 2.24) is 4.90 Å². The number of likely N-dealkylation sites (tertiary alicyclic amines) is 1. The lowest BCUT2D eigenvalue weighted by molar-refractivity contribution is -0.137. The Labute approximate surface area is 71.7 Å². The normalized spacial score (nSPS) is 26.0. The Morgan fingerprint density at radius 3 is 2.67 bits per heavy atom. The number of hydrogen-bond acceptors (Lipinski definition) is 2. The number of nitrogens with zero attached hydrogens (tertiary/aromatic N) is 1. The highest BCUT2D eigenvalue weighted by Crippen LogP contribution is 2.19. The van der Waals surface area contributed by atoms with E-state index >= 15 is 0 Å². The van der Waals surface area contributed by atoms with E-state index in [9.17, 15) is 9.59 Å². The van der Waals surface area contributed by atoms with E-state index in [0.29, 0.717) is 6.54 Å². The van der Waals surface area contributed by atoms with Crippen LogP contribution >= 0.6 is 0 Å². The minimum atomic E-state index is -0.456. The molecule has 0 bridgehead atoms. The molecule has 4 nitrogen and oxygen atoms in total. The minimum absolute atomic E-state index is 0.0429. The van der Waals surface area contributed by atoms with Crippen molar-refractivity contribution in [3.63, 3.8) is 0 Å². The molecule has 1 fully saturated rings. The average molecular weight is 170 g/mol. The fourth-order valence-electron chi connectivity index (χ4n) is 1.39. The lowest BCUT2D eigenvalue weighted by Gasteiger charge is -2.21. The Kier molecular flexibility index (Phi) is 2.35. The van der Waals surface area contributed by atoms with Crippen LogP contribution in [0.5, 0.6) is 0 Å². The molecule has 0 aliphatic carbocycles. The highest BCUT2D eigenvalue weighted by Gasteiger charge is 2.33. The summed E-state index contributed by atoms with van der Waals surface area (Å²) in [5.41, 5.74) is 5.09. The Bertz CT molecular complexity index is 215. The fraction of sp³-hybridized carbons (Fsp3) is 0.750. The van der Waals surface area contributed by atoms with Crippen molar-refractivity contribution in [1.29, 1.82) is 0 Å². The molecule has 68 valence electrons. The number of carbonyl (C=O) groups is 2. The van der Waals surface area contributed by atoms with Gasteiger partial charge in [-0.15, -0.1) is 0 Å². The molecule has 0 aromatic carbocycles. The van der Waals surface area contributed by atoms with Crippen molar-refractivity contribution >= 4 is 11.8 Å². The van der Waals surface area contributed by atoms with E-state index in [-0.39, 0.29) is 11.8 Å². The molecule has 2 N–H and O–H groups in total. The van der Waals surface area contributed by atoms with Gasteiger partial charge in [0.2, 0.25) is 11.8 Å². The number of nitrogens with two attached hydrogens (primary N) is 1. The molecule has 2 atom stereocenters. The number of hydrogen-bond donors (Lipinski definition) is 1. The van der Waals surface area contributed by atoms with Crippen molar-refractivity contribution in [2.75, 3.05) is 6.54 Å². The van der Waals surface area contributed by atoms with Crippen molar-refractivity contribution in [3.05, 3.63) is 0 Å². The molecule has 1 aliphatic heterocycles. The Balaban J connectivity index is 2.65. The van der Waals surface area contributed by atoms with E-state index in [1.54, 1.807) is 11.8 Å². The maximum absolute atomic E-state index is 11.4. The standard InChI is InChI=1S/C8H14N2O2/c1-5-3-4-10(8(5)12)6(2)7(9)11/h5-6H,3-4H2,1-2H3,(H2,9,11). The molecule has 2 amide bonds. The van der Waals surface area contributed by atoms with Gasteiger partial charge in [0, 0.05) is 12.5 Å². The number of amides is 2. The maximum Gasteiger partial charge on any atom is 0.239 e. The van der Waals surface area contributed by atoms with Gasteiger partial charge in [-0.2, -0.15) is 0 Å². The van der Waals surface area contributed by atoms with Crippen LogP contribution in [0.4, 0.5) is 0 Å². The summed E-state index contributed by atoms with van der Waals surface area (Å²) in [6.45, 7) is 4.19. The van der Waals surface area contributed by atoms with Crippen LogP contribution in [0.15, 0.2) is 0 Å². The number of carbonyl (C=O) groups excluding carboxylic acids is 2. The first-order valence-electron chi connectivity index (χ1n) is 4.14. The zero-order valence-corrected chi connectivity index (χ0v) is 7.41. The second kappa shape index (κ2) is 3.13. The van der Waals surface area contributed by atoms with Crippen LogP contribution in [0.2, 0.25) is 0 Å². The fourth-order valence-corrected chi connectivity index (χ4v) is 1.39. The summed E-state index contributed by atoms with van der Waals surface area (Å²) in [7, 11) is 0. The van der Waals surface area contributed by atoms with Crippen LogP contribution in [0.25, 0.3) is 0 Å². The van der Waals surface area contributed by atoms with Gasteiger partial charge >= 0.3 is 0 Å². The third-order valence-electron chi connectivity index (χ3n) is 2.39. The van der Waals surface area contributed by atoms with Gasteiger partial charge in [-0.3, -0.25) is 9.59 Å². The average Bonchev–Trinajstić information content (AvgIpc) is 2.32. The van der Waals surface area contributed by atoms with E-state index in [1.165, 1.54) is 0 Å². The molecular weight excluding hydrogens is 156 g/mol. The molecule has 1 saturated heterocycles. The monoisotopic (exact) mass is 170 g/mol. The molecule has 1 heterocycles. The van der Waals surface area contributed by atoms with Gasteiger partial charge in [-0.25, -0.2) is 0 Å². The van der Waals surface area contributed by atoms with Gasteiger partial charge < -0.3 is 10.6 Å². The first-order chi connectivity index (χ1) is 5.54. The van der Waals surface area contributed by atoms with Gasteiger partial charge in [-0.1, -0.05) is 6.92 Å². The zero-order chi connectivity index (χ0) is 9.30. The van der Waals surface area contributed by atoms with Crippen molar-refractivity contribution in [2.45, 2.75) is 26.3 Å². The summed E-state index contributed by atoms with van der Waals surface area (Å²) in [6, 6.07) is -0.456. The third-order valence-corrected chi connectivity index (χ3v) is 2.39. The third kappa shape index (κ3) is 1.42. The van der Waals surface area contributed by atoms with E-state index in [2.05, 4.69) is 0 Å². The summed E-state index contributed by atoms with van der Waals surface area (Å²) in [5, 5.41) is 0. The first kappa shape index (κ1) is 9.03. The predicted molar refractivity (Wildman–Crippen MR) is 44.2 cm³/mol. The van der Waals surface area contributed by atoms with E-state index in [4.69, 9.17) is 5.73 Å². The highest BCUT2D eigenvalue weighted by atomic mass is 16.2. The zero-order valence-electron chi connectivity index (χ0n) is 7.41. The lowest BCUT2D eigenvalue weighted by atomic mass is 10.1. The molecule has 0 aromatic heterocycles. The molecular formula is C8H14N2O2. The number of primary amides is 1. The molecule has 0 spiro atoms. The SMILES string of the molecule is CC1CCN(C(C)C(N)=O)C1=O. The van der Waals surface area contributed by atoms with Gasteiger partial charge in [0.15, 0.2) is 0 Å². The van der Waals surface area contributed by atoms with Crippen molar-refractivity contribution < 1.29 is 9.59 Å². The highest BCUT2D eigenvalue weighted by molar-refractivity contribution is 5.88. The van der Waals surface area contributed by atoms with Crippen LogP contribution in [0.1, 0.15) is 20.3 Å². The smallest absolute Gasteiger partial charge is 0.239 e. The molecule has 0 saturated carbocycles. The van der Waals surface area contributed by atoms with E-state index in [1.807, 2.05) is 6.92 Å². The summed E-state index contributed by atoms with van der Waals surface area (Å²) in [5.74, 6) is -0.342. The van der Waals surface area contributed by atoms with Crippen molar-refractivity contribution in [3.8, 4) is 0 Å². The van der Waals surface area contributed by atoms with E-state index < -0.39 is 11.9 Å². The summed E-state index contributed by atoms with van der Waals surface area (Å²) >= 11 is 0. The predicted octanol–water partition coefficient (Wildman–Crippen LogP) is -0.271. The largest absolute Gasteiger partial charge is 0.368 e. The lowest BCUT2D eigenvalue weighted by Crippen LogP contribution is -2.43. The molecule has 4 heteroatoms. The minimum Gasteiger partial charge on any atom is -0.368 e. The Hall–Kier alpha value is -1.06. The topological polar surface area (TPSA) is 63.4 Å². The molecule has 0 aromatic rings. The van der Waals surface area contributed by atoms with Crippen LogP contribution in [-0.2, 0) is 9.59 Å². The Morgan fingerprint density at radius 1 is 1.75 bits per heavy atom. The molecule has 0 radical (unpaired) electrons. The van der Waals surface area contributed by atoms with Crippen molar-refractivity contribution in [2.24, 2.45) is 11.7 Å². The summed E-state index contributed by atoms with van der Waals surface area (Å²) < 4.78 is 0. The maximum atomic E-state index is 11.4. The van der Waals surface area contributed by atoms with Gasteiger partial charge in [0.1, 0.15) is 6.04 Å². The van der Waals surface area contributed by atoms with Gasteiger partial charge in [0.05, 0.1) is 0 Å². The second-order valence-electron chi connectivity index (χ2n) is 3.30. The van der Waals surface area contributed by atoms with Crippen LogP contribution in [0, 0.1) is 5.92 Å². The first-order valence-corrected chi connectivity index (χ1v) is 4.14. The second-order valence-corrected chi connectivity index (χ2v) is 3.30. The molecule has 2 unspecified atom stereocenters. The number of rotatable bonds is 2. The summed E-state index contributed by atoms with van der Waals surface area (Å²) in [4.78, 5) is 23.7. The quantitative estimate of drug-likeness (QED) is 0.620.